The third-order valence-electron chi connectivity index (χ3n) is 5.23. The van der Waals surface area contributed by atoms with Crippen LogP contribution < -0.4 is 0 Å². The number of hydrogen-bond acceptors (Lipinski definition) is 2. The van der Waals surface area contributed by atoms with E-state index >= 15 is 0 Å². The van der Waals surface area contributed by atoms with Gasteiger partial charge in [-0.3, -0.25) is 9.80 Å². The first-order valence-corrected chi connectivity index (χ1v) is 7.63. The highest BCUT2D eigenvalue weighted by Crippen LogP contribution is 2.27. The number of piperidine rings is 1. The summed E-state index contributed by atoms with van der Waals surface area (Å²) in [6.45, 7) is 13.5. The SMILES string of the molecule is CCC(C)C(C)N1CC2CCCCN2CC1C. The Morgan fingerprint density at radius 2 is 1.94 bits per heavy atom. The second-order valence-corrected chi connectivity index (χ2v) is 6.32. The molecule has 2 heterocycles. The smallest absolute Gasteiger partial charge is 0.0224 e. The summed E-state index contributed by atoms with van der Waals surface area (Å²) in [6.07, 6.45) is 5.60. The summed E-state index contributed by atoms with van der Waals surface area (Å²) < 4.78 is 0. The maximum Gasteiger partial charge on any atom is 0.0224 e. The highest BCUT2D eigenvalue weighted by molar-refractivity contribution is 4.91. The minimum atomic E-state index is 0.744. The quantitative estimate of drug-likeness (QED) is 0.746. The van der Waals surface area contributed by atoms with Crippen molar-refractivity contribution in [3.63, 3.8) is 0 Å². The molecule has 0 radical (unpaired) electrons. The van der Waals surface area contributed by atoms with E-state index in [1.807, 2.05) is 0 Å². The molecule has 2 aliphatic heterocycles. The van der Waals surface area contributed by atoms with Crippen LogP contribution in [0.1, 0.15) is 53.4 Å². The second-order valence-electron chi connectivity index (χ2n) is 6.32. The van der Waals surface area contributed by atoms with Crippen LogP contribution in [0.25, 0.3) is 0 Å². The normalized spacial score (nSPS) is 35.3. The lowest BCUT2D eigenvalue weighted by Gasteiger charge is -2.50. The molecule has 0 spiro atoms. The Hall–Kier alpha value is -0.0800. The Balaban J connectivity index is 1.98. The fourth-order valence-electron chi connectivity index (χ4n) is 3.61. The molecule has 0 amide bonds. The first-order valence-electron chi connectivity index (χ1n) is 7.63. The maximum atomic E-state index is 2.78. The van der Waals surface area contributed by atoms with Gasteiger partial charge < -0.3 is 0 Å². The van der Waals surface area contributed by atoms with Crippen molar-refractivity contribution in [2.75, 3.05) is 19.6 Å². The molecule has 0 saturated carbocycles. The molecule has 4 unspecified atom stereocenters. The largest absolute Gasteiger partial charge is 0.298 e. The molecule has 2 heteroatoms. The van der Waals surface area contributed by atoms with Crippen LogP contribution >= 0.6 is 0 Å². The van der Waals surface area contributed by atoms with E-state index in [4.69, 9.17) is 0 Å². The molecule has 2 aliphatic rings. The lowest BCUT2D eigenvalue weighted by atomic mass is 9.92. The van der Waals surface area contributed by atoms with Crippen molar-refractivity contribution in [3.05, 3.63) is 0 Å². The highest BCUT2D eigenvalue weighted by Gasteiger charge is 2.35. The Bertz CT molecular complexity index is 241. The molecule has 0 aromatic carbocycles. The molecule has 2 fully saturated rings. The third kappa shape index (κ3) is 2.85. The van der Waals surface area contributed by atoms with Gasteiger partial charge in [0.05, 0.1) is 0 Å². The average Bonchev–Trinajstić information content (AvgIpc) is 2.36. The lowest BCUT2D eigenvalue weighted by Crippen LogP contribution is -2.61. The monoisotopic (exact) mass is 238 g/mol. The van der Waals surface area contributed by atoms with Crippen molar-refractivity contribution in [1.29, 1.82) is 0 Å². The molecule has 100 valence electrons. The Labute approximate surface area is 107 Å². The summed E-state index contributed by atoms with van der Waals surface area (Å²) in [5.41, 5.74) is 0. The van der Waals surface area contributed by atoms with Gasteiger partial charge in [0.25, 0.3) is 0 Å². The van der Waals surface area contributed by atoms with E-state index in [0.29, 0.717) is 0 Å². The van der Waals surface area contributed by atoms with E-state index in [1.165, 1.54) is 45.3 Å². The lowest BCUT2D eigenvalue weighted by molar-refractivity contribution is -0.0157. The van der Waals surface area contributed by atoms with Crippen molar-refractivity contribution in [1.82, 2.24) is 9.80 Å². The summed E-state index contributed by atoms with van der Waals surface area (Å²) in [6, 6.07) is 2.35. The molecular formula is C15H30N2. The summed E-state index contributed by atoms with van der Waals surface area (Å²) in [4.78, 5) is 5.52. The number of nitrogens with zero attached hydrogens (tertiary/aromatic N) is 2. The van der Waals surface area contributed by atoms with E-state index in [9.17, 15) is 0 Å². The van der Waals surface area contributed by atoms with Crippen LogP contribution in [0.5, 0.6) is 0 Å². The van der Waals surface area contributed by atoms with E-state index in [2.05, 4.69) is 37.5 Å². The van der Waals surface area contributed by atoms with Gasteiger partial charge in [0, 0.05) is 31.2 Å². The van der Waals surface area contributed by atoms with Gasteiger partial charge in [-0.15, -0.1) is 0 Å². The Morgan fingerprint density at radius 1 is 1.18 bits per heavy atom. The third-order valence-corrected chi connectivity index (χ3v) is 5.23. The van der Waals surface area contributed by atoms with Gasteiger partial charge in [-0.25, -0.2) is 0 Å². The first kappa shape index (κ1) is 13.4. The number of hydrogen-bond donors (Lipinski definition) is 0. The standard InChI is InChI=1S/C15H30N2/c1-5-12(2)14(4)17-11-15-8-6-7-9-16(15)10-13(17)3/h12-15H,5-11H2,1-4H3. The zero-order chi connectivity index (χ0) is 12.4. The number of fused-ring (bicyclic) bond motifs is 1. The minimum absolute atomic E-state index is 0.744. The van der Waals surface area contributed by atoms with Gasteiger partial charge in [0.1, 0.15) is 0 Å². The van der Waals surface area contributed by atoms with Crippen LogP contribution in [0.2, 0.25) is 0 Å². The minimum Gasteiger partial charge on any atom is -0.298 e. The van der Waals surface area contributed by atoms with Gasteiger partial charge in [-0.1, -0.05) is 26.7 Å². The van der Waals surface area contributed by atoms with E-state index in [0.717, 1.165) is 24.0 Å². The molecular weight excluding hydrogens is 208 g/mol. The maximum absolute atomic E-state index is 2.78. The molecule has 0 aromatic rings. The summed E-state index contributed by atoms with van der Waals surface area (Å²) in [5, 5.41) is 0. The molecule has 2 rings (SSSR count). The van der Waals surface area contributed by atoms with Crippen molar-refractivity contribution in [2.45, 2.75) is 71.5 Å². The van der Waals surface area contributed by atoms with Gasteiger partial charge in [0.15, 0.2) is 0 Å². The fraction of sp³-hybridized carbons (Fsp3) is 1.00. The second kappa shape index (κ2) is 5.71. The molecule has 0 aromatic heterocycles. The number of piperazine rings is 1. The fourth-order valence-corrected chi connectivity index (χ4v) is 3.61. The van der Waals surface area contributed by atoms with E-state index in [1.54, 1.807) is 0 Å². The molecule has 2 saturated heterocycles. The Morgan fingerprint density at radius 3 is 2.65 bits per heavy atom. The highest BCUT2D eigenvalue weighted by atomic mass is 15.3. The van der Waals surface area contributed by atoms with Crippen molar-refractivity contribution < 1.29 is 0 Å². The van der Waals surface area contributed by atoms with Gasteiger partial charge >= 0.3 is 0 Å². The van der Waals surface area contributed by atoms with Crippen LogP contribution in [0.15, 0.2) is 0 Å². The predicted molar refractivity (Wildman–Crippen MR) is 74.3 cm³/mol. The zero-order valence-corrected chi connectivity index (χ0v) is 12.2. The van der Waals surface area contributed by atoms with Crippen LogP contribution in [0.4, 0.5) is 0 Å². The van der Waals surface area contributed by atoms with Crippen molar-refractivity contribution in [2.24, 2.45) is 5.92 Å². The molecule has 17 heavy (non-hydrogen) atoms. The van der Waals surface area contributed by atoms with E-state index < -0.39 is 0 Å². The number of rotatable bonds is 3. The zero-order valence-electron chi connectivity index (χ0n) is 12.2. The first-order chi connectivity index (χ1) is 8.13. The Kier molecular flexibility index (Phi) is 4.48. The molecule has 0 aliphatic carbocycles. The van der Waals surface area contributed by atoms with Crippen LogP contribution in [0, 0.1) is 5.92 Å². The van der Waals surface area contributed by atoms with E-state index in [-0.39, 0.29) is 0 Å². The van der Waals surface area contributed by atoms with Gasteiger partial charge in [0.2, 0.25) is 0 Å². The summed E-state index contributed by atoms with van der Waals surface area (Å²) >= 11 is 0. The predicted octanol–water partition coefficient (Wildman–Crippen LogP) is 2.98. The van der Waals surface area contributed by atoms with Crippen LogP contribution in [0.3, 0.4) is 0 Å². The molecule has 2 nitrogen and oxygen atoms in total. The topological polar surface area (TPSA) is 6.48 Å². The molecule has 0 bridgehead atoms. The van der Waals surface area contributed by atoms with Crippen molar-refractivity contribution in [3.8, 4) is 0 Å². The van der Waals surface area contributed by atoms with Crippen LogP contribution in [-0.4, -0.2) is 47.6 Å². The summed E-state index contributed by atoms with van der Waals surface area (Å²) in [7, 11) is 0. The van der Waals surface area contributed by atoms with Gasteiger partial charge in [-0.2, -0.15) is 0 Å². The average molecular weight is 238 g/mol. The van der Waals surface area contributed by atoms with Gasteiger partial charge in [-0.05, 0) is 39.2 Å². The summed E-state index contributed by atoms with van der Waals surface area (Å²) in [5.74, 6) is 0.826. The van der Waals surface area contributed by atoms with Crippen molar-refractivity contribution >= 4 is 0 Å². The van der Waals surface area contributed by atoms with Crippen LogP contribution in [-0.2, 0) is 0 Å². The molecule has 0 N–H and O–H groups in total. The molecule has 4 atom stereocenters.